The lowest BCUT2D eigenvalue weighted by molar-refractivity contribution is 0.0703. The molecule has 0 fully saturated rings. The van der Waals surface area contributed by atoms with Gasteiger partial charge in [-0.2, -0.15) is 0 Å². The Hall–Kier alpha value is -1.66. The molecule has 1 aromatic rings. The molecule has 0 spiro atoms. The van der Waals surface area contributed by atoms with Crippen molar-refractivity contribution in [3.05, 3.63) is 33.2 Å². The number of nitrogens with zero attached hydrogens (tertiary/aromatic N) is 1. The largest absolute Gasteiger partial charge is 0.383 e. The van der Waals surface area contributed by atoms with Gasteiger partial charge in [0.05, 0.1) is 6.61 Å². The molecule has 0 unspecified atom stereocenters. The molecule has 0 aliphatic heterocycles. The van der Waals surface area contributed by atoms with Crippen LogP contribution in [0.1, 0.15) is 41.9 Å². The summed E-state index contributed by atoms with van der Waals surface area (Å²) in [7, 11) is 1.57. The van der Waals surface area contributed by atoms with Crippen molar-refractivity contribution in [1.82, 2.24) is 10.0 Å². The van der Waals surface area contributed by atoms with E-state index >= 15 is 0 Å². The van der Waals surface area contributed by atoms with E-state index in [2.05, 4.69) is 0 Å². The van der Waals surface area contributed by atoms with Crippen molar-refractivity contribution < 1.29 is 14.7 Å². The van der Waals surface area contributed by atoms with E-state index in [-0.39, 0.29) is 5.56 Å². The van der Waals surface area contributed by atoms with Gasteiger partial charge in [-0.05, 0) is 24.5 Å². The lowest BCUT2D eigenvalue weighted by Gasteiger charge is -2.17. The van der Waals surface area contributed by atoms with Gasteiger partial charge in [-0.15, -0.1) is 0 Å². The molecule has 0 aromatic carbocycles. The molecule has 0 aliphatic carbocycles. The van der Waals surface area contributed by atoms with E-state index in [1.54, 1.807) is 17.7 Å². The molecule has 0 bridgehead atoms. The van der Waals surface area contributed by atoms with Gasteiger partial charge in [0.25, 0.3) is 11.5 Å². The van der Waals surface area contributed by atoms with Crippen LogP contribution < -0.4 is 11.0 Å². The number of nitrogens with one attached hydrogen (secondary N) is 1. The highest BCUT2D eigenvalue weighted by atomic mass is 16.5. The van der Waals surface area contributed by atoms with Crippen molar-refractivity contribution in [1.29, 1.82) is 0 Å². The number of rotatable bonds is 7. The van der Waals surface area contributed by atoms with Crippen molar-refractivity contribution in [3.63, 3.8) is 0 Å². The first kappa shape index (κ1) is 16.4. The lowest BCUT2D eigenvalue weighted by Crippen LogP contribution is -2.35. The summed E-state index contributed by atoms with van der Waals surface area (Å²) in [6, 6.07) is 1.57. The Labute approximate surface area is 118 Å². The third-order valence-corrected chi connectivity index (χ3v) is 3.22. The van der Waals surface area contributed by atoms with Crippen molar-refractivity contribution in [3.8, 4) is 0 Å². The molecule has 112 valence electrons. The molecule has 1 aromatic heterocycles. The molecule has 6 heteroatoms. The summed E-state index contributed by atoms with van der Waals surface area (Å²) in [5.41, 5.74) is 2.97. The zero-order valence-electron chi connectivity index (χ0n) is 12.2. The van der Waals surface area contributed by atoms with E-state index in [1.807, 2.05) is 13.8 Å². The van der Waals surface area contributed by atoms with Crippen LogP contribution in [0.25, 0.3) is 0 Å². The number of hydrogen-bond donors (Lipinski definition) is 2. The second-order valence-corrected chi connectivity index (χ2v) is 4.52. The SMILES string of the molecule is CCCc1c(CC)cc(C(=O)NO)c(=O)n1CCOC. The number of aromatic nitrogens is 1. The van der Waals surface area contributed by atoms with Crippen LogP contribution in [0.15, 0.2) is 10.9 Å². The van der Waals surface area contributed by atoms with Gasteiger partial charge in [0.1, 0.15) is 5.56 Å². The standard InChI is InChI=1S/C14H22N2O4/c1-4-6-12-10(5-2)9-11(13(17)15-19)14(18)16(12)7-8-20-3/h9,19H,4-8H2,1-3H3,(H,15,17). The second-order valence-electron chi connectivity index (χ2n) is 4.52. The highest BCUT2D eigenvalue weighted by molar-refractivity contribution is 5.93. The predicted octanol–water partition coefficient (Wildman–Crippen LogP) is 1.13. The summed E-state index contributed by atoms with van der Waals surface area (Å²) < 4.78 is 6.60. The molecule has 0 saturated heterocycles. The number of aryl methyl sites for hydroxylation is 1. The van der Waals surface area contributed by atoms with Gasteiger partial charge in [0.15, 0.2) is 0 Å². The van der Waals surface area contributed by atoms with E-state index in [9.17, 15) is 9.59 Å². The van der Waals surface area contributed by atoms with Crippen molar-refractivity contribution in [2.75, 3.05) is 13.7 Å². The zero-order valence-corrected chi connectivity index (χ0v) is 12.2. The van der Waals surface area contributed by atoms with Crippen LogP contribution in [0, 0.1) is 0 Å². The van der Waals surface area contributed by atoms with Crippen LogP contribution in [0.5, 0.6) is 0 Å². The average Bonchev–Trinajstić information content (AvgIpc) is 2.46. The minimum Gasteiger partial charge on any atom is -0.383 e. The number of pyridine rings is 1. The molecule has 0 saturated carbocycles. The van der Waals surface area contributed by atoms with Gasteiger partial charge in [-0.25, -0.2) is 5.48 Å². The highest BCUT2D eigenvalue weighted by Crippen LogP contribution is 2.13. The number of hydroxylamine groups is 1. The molecule has 1 rings (SSSR count). The Balaban J connectivity index is 3.46. The number of amides is 1. The third-order valence-electron chi connectivity index (χ3n) is 3.22. The van der Waals surface area contributed by atoms with Crippen LogP contribution in [0.3, 0.4) is 0 Å². The Bertz CT molecular complexity index is 523. The van der Waals surface area contributed by atoms with Crippen molar-refractivity contribution >= 4 is 5.91 Å². The molecule has 6 nitrogen and oxygen atoms in total. The topological polar surface area (TPSA) is 80.6 Å². The monoisotopic (exact) mass is 282 g/mol. The number of ether oxygens (including phenoxy) is 1. The first-order valence-corrected chi connectivity index (χ1v) is 6.79. The van der Waals surface area contributed by atoms with Crippen LogP contribution in [0.4, 0.5) is 0 Å². The molecule has 1 heterocycles. The number of methoxy groups -OCH3 is 1. The lowest BCUT2D eigenvalue weighted by atomic mass is 10.0. The van der Waals surface area contributed by atoms with E-state index in [0.29, 0.717) is 19.6 Å². The molecule has 1 amide bonds. The fraction of sp³-hybridized carbons (Fsp3) is 0.571. The predicted molar refractivity (Wildman–Crippen MR) is 75.2 cm³/mol. The molecule has 2 N–H and O–H groups in total. The minimum atomic E-state index is -0.779. The Morgan fingerprint density at radius 3 is 2.65 bits per heavy atom. The van der Waals surface area contributed by atoms with E-state index in [4.69, 9.17) is 9.94 Å². The van der Waals surface area contributed by atoms with Crippen LogP contribution >= 0.6 is 0 Å². The normalized spacial score (nSPS) is 10.6. The summed E-state index contributed by atoms with van der Waals surface area (Å²) in [4.78, 5) is 24.0. The highest BCUT2D eigenvalue weighted by Gasteiger charge is 2.17. The van der Waals surface area contributed by atoms with E-state index in [0.717, 1.165) is 24.1 Å². The average molecular weight is 282 g/mol. The molecule has 0 atom stereocenters. The summed E-state index contributed by atoms with van der Waals surface area (Å²) in [6.07, 6.45) is 2.39. The van der Waals surface area contributed by atoms with Crippen LogP contribution in [0.2, 0.25) is 0 Å². The van der Waals surface area contributed by atoms with Crippen molar-refractivity contribution in [2.45, 2.75) is 39.7 Å². The maximum atomic E-state index is 12.4. The Kier molecular flexibility index (Phi) is 6.41. The molecule has 0 radical (unpaired) electrons. The first-order valence-electron chi connectivity index (χ1n) is 6.79. The zero-order chi connectivity index (χ0) is 15.1. The van der Waals surface area contributed by atoms with Gasteiger partial charge in [0.2, 0.25) is 0 Å². The summed E-state index contributed by atoms with van der Waals surface area (Å²) in [5.74, 6) is -0.779. The fourth-order valence-electron chi connectivity index (χ4n) is 2.24. The first-order chi connectivity index (χ1) is 9.60. The number of hydrogen-bond acceptors (Lipinski definition) is 4. The maximum Gasteiger partial charge on any atom is 0.280 e. The molecule has 20 heavy (non-hydrogen) atoms. The second kappa shape index (κ2) is 7.81. The molecule has 0 aliphatic rings. The van der Waals surface area contributed by atoms with Crippen LogP contribution in [-0.4, -0.2) is 29.4 Å². The summed E-state index contributed by atoms with van der Waals surface area (Å²) in [5, 5.41) is 8.74. The number of carbonyl (C=O) groups excluding carboxylic acids is 1. The fourth-order valence-corrected chi connectivity index (χ4v) is 2.24. The van der Waals surface area contributed by atoms with E-state index in [1.165, 1.54) is 5.48 Å². The van der Waals surface area contributed by atoms with Crippen molar-refractivity contribution in [2.24, 2.45) is 0 Å². The Morgan fingerprint density at radius 2 is 2.15 bits per heavy atom. The van der Waals surface area contributed by atoms with Gasteiger partial charge < -0.3 is 9.30 Å². The minimum absolute atomic E-state index is 0.0414. The summed E-state index contributed by atoms with van der Waals surface area (Å²) >= 11 is 0. The van der Waals surface area contributed by atoms with Crippen LogP contribution in [-0.2, 0) is 24.1 Å². The van der Waals surface area contributed by atoms with Gasteiger partial charge in [-0.3, -0.25) is 14.8 Å². The Morgan fingerprint density at radius 1 is 1.45 bits per heavy atom. The number of carbonyl (C=O) groups is 1. The maximum absolute atomic E-state index is 12.4. The molecular formula is C14H22N2O4. The van der Waals surface area contributed by atoms with Gasteiger partial charge in [-0.1, -0.05) is 20.3 Å². The summed E-state index contributed by atoms with van der Waals surface area (Å²) in [6.45, 7) is 4.80. The molecular weight excluding hydrogens is 260 g/mol. The quantitative estimate of drug-likeness (QED) is 0.580. The van der Waals surface area contributed by atoms with E-state index < -0.39 is 11.5 Å². The van der Waals surface area contributed by atoms with Gasteiger partial charge in [0, 0.05) is 19.3 Å². The van der Waals surface area contributed by atoms with Gasteiger partial charge >= 0.3 is 0 Å². The smallest absolute Gasteiger partial charge is 0.280 e. The third kappa shape index (κ3) is 3.46.